The van der Waals surface area contributed by atoms with E-state index >= 15 is 0 Å². The van der Waals surface area contributed by atoms with E-state index in [1.165, 1.54) is 16.8 Å². The molecule has 0 aliphatic heterocycles. The molecule has 0 unspecified atom stereocenters. The summed E-state index contributed by atoms with van der Waals surface area (Å²) in [5.74, 6) is -1.49. The van der Waals surface area contributed by atoms with E-state index in [9.17, 15) is 23.1 Å². The van der Waals surface area contributed by atoms with Crippen LogP contribution in [0.3, 0.4) is 0 Å². The normalized spacial score (nSPS) is 11.4. The molecule has 0 spiro atoms. The predicted molar refractivity (Wildman–Crippen MR) is 93.0 cm³/mol. The third kappa shape index (κ3) is 4.63. The molecule has 28 heavy (non-hydrogen) atoms. The van der Waals surface area contributed by atoms with Crippen LogP contribution in [0.25, 0.3) is 5.69 Å². The first kappa shape index (κ1) is 19.7. The second-order valence-electron chi connectivity index (χ2n) is 5.83. The quantitative estimate of drug-likeness (QED) is 0.517. The SMILES string of the molecule is Cc1ccc(-[n+]2noc([O-])c2SCC(=O)Nc2cccc(C(F)(F)F)c2)cc1. The van der Waals surface area contributed by atoms with Crippen molar-refractivity contribution in [1.29, 1.82) is 0 Å². The number of alkyl halides is 3. The van der Waals surface area contributed by atoms with Crippen molar-refractivity contribution >= 4 is 23.4 Å². The summed E-state index contributed by atoms with van der Waals surface area (Å²) in [6, 6.07) is 11.4. The lowest BCUT2D eigenvalue weighted by Gasteiger charge is -2.09. The van der Waals surface area contributed by atoms with Gasteiger partial charge in [0.1, 0.15) is 0 Å². The van der Waals surface area contributed by atoms with Gasteiger partial charge in [-0.25, -0.2) is 0 Å². The minimum Gasteiger partial charge on any atom is -0.538 e. The van der Waals surface area contributed by atoms with Crippen molar-refractivity contribution in [3.8, 4) is 11.6 Å². The monoisotopic (exact) mass is 409 g/mol. The zero-order valence-electron chi connectivity index (χ0n) is 14.5. The molecule has 0 aliphatic rings. The third-order valence-electron chi connectivity index (χ3n) is 3.66. The van der Waals surface area contributed by atoms with Gasteiger partial charge in [-0.3, -0.25) is 4.79 Å². The molecule has 1 aromatic heterocycles. The topological polar surface area (TPSA) is 82.1 Å². The molecule has 1 N–H and O–H groups in total. The van der Waals surface area contributed by atoms with E-state index in [2.05, 4.69) is 15.1 Å². The molecule has 1 heterocycles. The van der Waals surface area contributed by atoms with Crippen molar-refractivity contribution in [3.63, 3.8) is 0 Å². The number of anilines is 1. The first-order valence-electron chi connectivity index (χ1n) is 8.00. The molecule has 10 heteroatoms. The maximum absolute atomic E-state index is 12.7. The number of halogens is 3. The molecule has 6 nitrogen and oxygen atoms in total. The summed E-state index contributed by atoms with van der Waals surface area (Å²) >= 11 is 0.876. The highest BCUT2D eigenvalue weighted by Gasteiger charge is 2.30. The number of amides is 1. The van der Waals surface area contributed by atoms with Crippen molar-refractivity contribution in [2.45, 2.75) is 18.1 Å². The van der Waals surface area contributed by atoms with Gasteiger partial charge in [0.25, 0.3) is 5.03 Å². The second-order valence-corrected chi connectivity index (χ2v) is 6.79. The number of carbonyl (C=O) groups is 1. The molecule has 0 saturated carbocycles. The fraction of sp³-hybridized carbons (Fsp3) is 0.167. The molecule has 0 aliphatic carbocycles. The number of hydrogen-bond acceptors (Lipinski definition) is 5. The van der Waals surface area contributed by atoms with Crippen molar-refractivity contribution in [1.82, 2.24) is 5.27 Å². The maximum atomic E-state index is 12.7. The van der Waals surface area contributed by atoms with Gasteiger partial charge in [0.05, 0.1) is 16.6 Å². The lowest BCUT2D eigenvalue weighted by molar-refractivity contribution is -0.705. The standard InChI is InChI=1S/C18H14F3N3O3S/c1-11-5-7-14(8-6-11)24-16(17(26)27-23-24)28-10-15(25)22-13-4-2-3-12(9-13)18(19,20)21/h2-9H,10H2,1H3,(H-,22,23,25,26). The molecule has 0 atom stereocenters. The van der Waals surface area contributed by atoms with Crippen LogP contribution in [0.2, 0.25) is 0 Å². The van der Waals surface area contributed by atoms with Crippen molar-refractivity contribution in [2.75, 3.05) is 11.1 Å². The van der Waals surface area contributed by atoms with E-state index in [0.29, 0.717) is 5.69 Å². The number of hydrogen-bond donors (Lipinski definition) is 1. The third-order valence-corrected chi connectivity index (χ3v) is 4.68. The number of nitrogens with one attached hydrogen (secondary N) is 1. The number of rotatable bonds is 5. The molecule has 3 aromatic rings. The number of thioether (sulfide) groups is 1. The molecule has 0 saturated heterocycles. The number of benzene rings is 2. The van der Waals surface area contributed by atoms with Gasteiger partial charge in [0, 0.05) is 17.8 Å². The molecule has 0 radical (unpaired) electrons. The average molecular weight is 409 g/mol. The molecular formula is C18H14F3N3O3S. The first-order chi connectivity index (χ1) is 13.2. The maximum Gasteiger partial charge on any atom is 0.416 e. The fourth-order valence-electron chi connectivity index (χ4n) is 2.32. The van der Waals surface area contributed by atoms with Gasteiger partial charge in [-0.05, 0) is 41.6 Å². The smallest absolute Gasteiger partial charge is 0.416 e. The van der Waals surface area contributed by atoms with E-state index in [4.69, 9.17) is 0 Å². The summed E-state index contributed by atoms with van der Waals surface area (Å²) in [6.45, 7) is 1.91. The summed E-state index contributed by atoms with van der Waals surface area (Å²) in [5, 5.41) is 18.0. The largest absolute Gasteiger partial charge is 0.538 e. The Bertz CT molecular complexity index is 988. The van der Waals surface area contributed by atoms with Crippen molar-refractivity contribution in [3.05, 3.63) is 59.7 Å². The lowest BCUT2D eigenvalue weighted by atomic mass is 10.2. The minimum absolute atomic E-state index is 0.0134. The highest BCUT2D eigenvalue weighted by atomic mass is 32.2. The van der Waals surface area contributed by atoms with Crippen LogP contribution in [0.5, 0.6) is 5.95 Å². The highest BCUT2D eigenvalue weighted by molar-refractivity contribution is 7.99. The second kappa shape index (κ2) is 7.93. The Morgan fingerprint density at radius 3 is 2.64 bits per heavy atom. The van der Waals surface area contributed by atoms with Crippen LogP contribution >= 0.6 is 11.8 Å². The Balaban J connectivity index is 1.69. The van der Waals surface area contributed by atoms with Gasteiger partial charge in [-0.1, -0.05) is 23.8 Å². The fourth-order valence-corrected chi connectivity index (χ4v) is 3.07. The van der Waals surface area contributed by atoms with Crippen LogP contribution in [0.15, 0.2) is 58.1 Å². The van der Waals surface area contributed by atoms with Gasteiger partial charge >= 0.3 is 6.18 Å². The lowest BCUT2D eigenvalue weighted by Crippen LogP contribution is -2.35. The zero-order valence-corrected chi connectivity index (χ0v) is 15.3. The zero-order chi connectivity index (χ0) is 20.3. The van der Waals surface area contributed by atoms with Gasteiger partial charge in [-0.2, -0.15) is 13.2 Å². The Morgan fingerprint density at radius 2 is 1.96 bits per heavy atom. The summed E-state index contributed by atoms with van der Waals surface area (Å²) in [6.07, 6.45) is -4.50. The van der Waals surface area contributed by atoms with Crippen molar-refractivity contribution < 1.29 is 32.3 Å². The van der Waals surface area contributed by atoms with E-state index < -0.39 is 23.6 Å². The average Bonchev–Trinajstić information content (AvgIpc) is 3.01. The van der Waals surface area contributed by atoms with Crippen LogP contribution in [0.1, 0.15) is 11.1 Å². The van der Waals surface area contributed by atoms with E-state index in [1.54, 1.807) is 12.1 Å². The minimum atomic E-state index is -4.50. The molecule has 0 fully saturated rings. The van der Waals surface area contributed by atoms with Crippen LogP contribution in [0.4, 0.5) is 18.9 Å². The first-order valence-corrected chi connectivity index (χ1v) is 8.98. The number of aryl methyl sites for hydroxylation is 1. The van der Waals surface area contributed by atoms with Gasteiger partial charge < -0.3 is 14.9 Å². The van der Waals surface area contributed by atoms with Crippen LogP contribution in [-0.4, -0.2) is 16.9 Å². The predicted octanol–water partition coefficient (Wildman–Crippen LogP) is 3.08. The molecule has 146 valence electrons. The number of nitrogens with zero attached hydrogens (tertiary/aromatic N) is 2. The van der Waals surface area contributed by atoms with E-state index in [0.717, 1.165) is 29.5 Å². The van der Waals surface area contributed by atoms with E-state index in [1.807, 2.05) is 19.1 Å². The molecular weight excluding hydrogens is 395 g/mol. The number of aromatic nitrogens is 2. The van der Waals surface area contributed by atoms with Crippen molar-refractivity contribution in [2.24, 2.45) is 0 Å². The summed E-state index contributed by atoms with van der Waals surface area (Å²) < 4.78 is 44.2. The van der Waals surface area contributed by atoms with Gasteiger partial charge in [0.2, 0.25) is 11.6 Å². The Hall–Kier alpha value is -3.01. The Morgan fingerprint density at radius 1 is 1.25 bits per heavy atom. The van der Waals surface area contributed by atoms with Gasteiger partial charge in [0.15, 0.2) is 5.95 Å². The molecule has 2 aromatic carbocycles. The van der Waals surface area contributed by atoms with Crippen LogP contribution in [-0.2, 0) is 11.0 Å². The Kier molecular flexibility index (Phi) is 5.59. The Labute approximate surface area is 161 Å². The summed E-state index contributed by atoms with van der Waals surface area (Å²) in [7, 11) is 0. The van der Waals surface area contributed by atoms with Crippen LogP contribution < -0.4 is 15.1 Å². The highest BCUT2D eigenvalue weighted by Crippen LogP contribution is 2.31. The van der Waals surface area contributed by atoms with E-state index in [-0.39, 0.29) is 16.5 Å². The van der Waals surface area contributed by atoms with Gasteiger partial charge in [-0.15, -0.1) is 0 Å². The molecule has 0 bridgehead atoms. The number of carbonyl (C=O) groups excluding carboxylic acids is 1. The summed E-state index contributed by atoms with van der Waals surface area (Å²) in [5.41, 5.74) is 0.748. The molecule has 3 rings (SSSR count). The van der Waals surface area contributed by atoms with Crippen LogP contribution in [0, 0.1) is 6.92 Å². The molecule has 1 amide bonds. The summed E-state index contributed by atoms with van der Waals surface area (Å²) in [4.78, 5) is 12.1.